The molecule has 3 aliphatic heterocycles. The summed E-state index contributed by atoms with van der Waals surface area (Å²) in [5.41, 5.74) is 0.433. The van der Waals surface area contributed by atoms with Gasteiger partial charge in [-0.25, -0.2) is 19.6 Å². The number of nitrogens with zero attached hydrogens (tertiary/aromatic N) is 3. The molecule has 1 saturated carbocycles. The zero-order valence-electron chi connectivity index (χ0n) is 26.9. The molecule has 1 aliphatic carbocycles. The fourth-order valence-electron chi connectivity index (χ4n) is 6.88. The van der Waals surface area contributed by atoms with E-state index in [0.717, 1.165) is 24.1 Å². The van der Waals surface area contributed by atoms with Gasteiger partial charge in [-0.1, -0.05) is 43.2 Å². The van der Waals surface area contributed by atoms with Crippen molar-refractivity contribution >= 4 is 46.2 Å². The molecular formula is C35H39N5O8S. The minimum absolute atomic E-state index is 0.0163. The van der Waals surface area contributed by atoms with Crippen molar-refractivity contribution in [2.45, 2.75) is 81.2 Å². The van der Waals surface area contributed by atoms with E-state index in [0.29, 0.717) is 49.2 Å². The Morgan fingerprint density at radius 3 is 2.65 bits per heavy atom. The Kier molecular flexibility index (Phi) is 9.50. The lowest BCUT2D eigenvalue weighted by molar-refractivity contribution is -0.145. The van der Waals surface area contributed by atoms with Crippen LogP contribution in [0.1, 0.15) is 51.4 Å². The number of thiophene rings is 1. The number of para-hydroxylation sites is 2. The van der Waals surface area contributed by atoms with Gasteiger partial charge in [0, 0.05) is 18.8 Å². The number of carboxylic acids is 1. The zero-order valence-corrected chi connectivity index (χ0v) is 27.7. The smallest absolute Gasteiger partial charge is 0.408 e. The number of carbonyl (C=O) groups is 4. The van der Waals surface area contributed by atoms with Crippen LogP contribution in [0.3, 0.4) is 0 Å². The molecular weight excluding hydrogens is 650 g/mol. The highest BCUT2D eigenvalue weighted by molar-refractivity contribution is 7.13. The van der Waals surface area contributed by atoms with Gasteiger partial charge in [0.05, 0.1) is 35.7 Å². The number of hydrogen-bond donors (Lipinski definition) is 3. The molecule has 3 aromatic rings. The number of allylic oxidation sites excluding steroid dienone is 1. The molecule has 3 amide bonds. The van der Waals surface area contributed by atoms with Crippen LogP contribution in [0, 0.1) is 5.92 Å². The molecule has 2 saturated heterocycles. The number of rotatable bonds is 6. The molecule has 3 fully saturated rings. The van der Waals surface area contributed by atoms with Crippen molar-refractivity contribution in [1.82, 2.24) is 25.5 Å². The third-order valence-electron chi connectivity index (χ3n) is 9.65. The molecule has 14 heteroatoms. The number of alkyl carbamates (subject to hydrolysis) is 1. The van der Waals surface area contributed by atoms with Crippen molar-refractivity contribution in [1.29, 1.82) is 0 Å². The third-order valence-corrected chi connectivity index (χ3v) is 10.5. The molecule has 4 aliphatic rings. The largest absolute Gasteiger partial charge is 0.479 e. The summed E-state index contributed by atoms with van der Waals surface area (Å²) >= 11 is 1.49. The fraction of sp³-hybridized carbons (Fsp3) is 0.486. The number of fused-ring (bicyclic) bond motifs is 3. The molecule has 258 valence electrons. The van der Waals surface area contributed by atoms with Gasteiger partial charge in [-0.15, -0.1) is 11.3 Å². The standard InChI is InChI=1S/C35H39N5O8S/c41-30-27-17-23(47-31-29(28-13-8-16-49-28)36-24-10-6-7-11-25(24)37-31)19-40(27)32(42)26(38-34(45)48-22-14-15-46-20-22)12-5-3-1-2-4-9-21-18-35(21,39-30)33(43)44/h4,6-11,13,16,21-23,26-27H,1-3,5,12,14-15,17-20H2,(H,38,45)(H,39,41)(H,43,44)/b9-4-/t21?,22-,23+,26+,27?,35?/m0/s1. The van der Waals surface area contributed by atoms with Crippen LogP contribution in [0.4, 0.5) is 4.79 Å². The van der Waals surface area contributed by atoms with E-state index >= 15 is 0 Å². The number of aliphatic carboxylic acids is 1. The van der Waals surface area contributed by atoms with Crippen LogP contribution < -0.4 is 15.4 Å². The second-order valence-electron chi connectivity index (χ2n) is 13.1. The van der Waals surface area contributed by atoms with Crippen LogP contribution in [0.2, 0.25) is 0 Å². The lowest BCUT2D eigenvalue weighted by Gasteiger charge is -2.29. The first-order chi connectivity index (χ1) is 23.8. The summed E-state index contributed by atoms with van der Waals surface area (Å²) in [5.74, 6) is -2.23. The van der Waals surface area contributed by atoms with Crippen molar-refractivity contribution in [3.8, 4) is 16.5 Å². The van der Waals surface area contributed by atoms with Gasteiger partial charge < -0.3 is 34.9 Å². The number of ether oxygens (including phenoxy) is 3. The Balaban J connectivity index is 1.19. The summed E-state index contributed by atoms with van der Waals surface area (Å²) in [4.78, 5) is 65.7. The van der Waals surface area contributed by atoms with Gasteiger partial charge in [-0.2, -0.15) is 0 Å². The molecule has 2 aromatic heterocycles. The van der Waals surface area contributed by atoms with Gasteiger partial charge in [0.2, 0.25) is 17.7 Å². The van der Waals surface area contributed by atoms with E-state index in [2.05, 4.69) is 10.6 Å². The molecule has 3 N–H and O–H groups in total. The zero-order chi connectivity index (χ0) is 34.0. The summed E-state index contributed by atoms with van der Waals surface area (Å²) in [7, 11) is 0. The molecule has 0 spiro atoms. The average Bonchev–Trinajstić information content (AvgIpc) is 3.58. The highest BCUT2D eigenvalue weighted by atomic mass is 32.1. The van der Waals surface area contributed by atoms with E-state index in [4.69, 9.17) is 24.2 Å². The van der Waals surface area contributed by atoms with Crippen LogP contribution in [0.5, 0.6) is 5.88 Å². The molecule has 1 aromatic carbocycles. The van der Waals surface area contributed by atoms with Crippen molar-refractivity contribution < 1.29 is 38.5 Å². The average molecular weight is 690 g/mol. The van der Waals surface area contributed by atoms with E-state index in [9.17, 15) is 24.3 Å². The predicted octanol–water partition coefficient (Wildman–Crippen LogP) is 4.07. The molecule has 6 atom stereocenters. The van der Waals surface area contributed by atoms with E-state index in [1.165, 1.54) is 16.2 Å². The maximum Gasteiger partial charge on any atom is 0.408 e. The van der Waals surface area contributed by atoms with Crippen LogP contribution in [0.15, 0.2) is 53.9 Å². The van der Waals surface area contributed by atoms with E-state index in [1.807, 2.05) is 53.9 Å². The van der Waals surface area contributed by atoms with Gasteiger partial charge >= 0.3 is 12.1 Å². The predicted molar refractivity (Wildman–Crippen MR) is 179 cm³/mol. The van der Waals surface area contributed by atoms with Crippen LogP contribution in [-0.2, 0) is 23.9 Å². The molecule has 13 nitrogen and oxygen atoms in total. The number of aromatic nitrogens is 2. The highest BCUT2D eigenvalue weighted by Crippen LogP contribution is 2.45. The summed E-state index contributed by atoms with van der Waals surface area (Å²) in [5, 5.41) is 17.7. The number of benzene rings is 1. The van der Waals surface area contributed by atoms with E-state index in [-0.39, 0.29) is 31.2 Å². The molecule has 3 unspecified atom stereocenters. The summed E-state index contributed by atoms with van der Waals surface area (Å²) in [6, 6.07) is 9.26. The normalized spacial score (nSPS) is 29.6. The van der Waals surface area contributed by atoms with Crippen molar-refractivity contribution in [2.75, 3.05) is 19.8 Å². The maximum atomic E-state index is 14.4. The maximum absolute atomic E-state index is 14.4. The number of nitrogens with one attached hydrogen (secondary N) is 2. The summed E-state index contributed by atoms with van der Waals surface area (Å²) in [6.45, 7) is 0.808. The quantitative estimate of drug-likeness (QED) is 0.321. The number of carbonyl (C=O) groups excluding carboxylic acids is 3. The Bertz CT molecular complexity index is 1740. The molecule has 5 heterocycles. The number of hydrogen-bond acceptors (Lipinski definition) is 10. The van der Waals surface area contributed by atoms with Gasteiger partial charge in [0.25, 0.3) is 0 Å². The monoisotopic (exact) mass is 689 g/mol. The second-order valence-corrected chi connectivity index (χ2v) is 14.0. The first-order valence-corrected chi connectivity index (χ1v) is 17.7. The Labute approximate surface area is 287 Å². The first-order valence-electron chi connectivity index (χ1n) is 16.9. The van der Waals surface area contributed by atoms with Gasteiger partial charge in [0.1, 0.15) is 35.5 Å². The summed E-state index contributed by atoms with van der Waals surface area (Å²) < 4.78 is 17.3. The van der Waals surface area contributed by atoms with E-state index in [1.54, 1.807) is 0 Å². The third kappa shape index (κ3) is 7.11. The fourth-order valence-corrected chi connectivity index (χ4v) is 7.58. The minimum atomic E-state index is -1.44. The molecule has 7 rings (SSSR count). The highest BCUT2D eigenvalue weighted by Gasteiger charge is 2.61. The Morgan fingerprint density at radius 2 is 1.90 bits per heavy atom. The molecule has 0 radical (unpaired) electrons. The van der Waals surface area contributed by atoms with Gasteiger partial charge in [-0.05, 0) is 49.3 Å². The lowest BCUT2D eigenvalue weighted by Crippen LogP contribution is -2.56. The van der Waals surface area contributed by atoms with Crippen molar-refractivity contribution in [2.24, 2.45) is 5.92 Å². The van der Waals surface area contributed by atoms with Gasteiger partial charge in [-0.3, -0.25) is 9.59 Å². The van der Waals surface area contributed by atoms with Crippen LogP contribution >= 0.6 is 11.3 Å². The first kappa shape index (κ1) is 33.0. The molecule has 49 heavy (non-hydrogen) atoms. The molecule has 0 bridgehead atoms. The van der Waals surface area contributed by atoms with E-state index < -0.39 is 53.7 Å². The lowest BCUT2D eigenvalue weighted by atomic mass is 10.0. The Hall–Kier alpha value is -4.56. The minimum Gasteiger partial charge on any atom is -0.479 e. The number of amides is 3. The van der Waals surface area contributed by atoms with Gasteiger partial charge in [0.15, 0.2) is 0 Å². The SMILES string of the molecule is O=C(N[C@@H]1CCCCC/C=C\C2CC2(C(=O)O)NC(=O)C2C[C@@H](Oc3nc4ccccc4nc3-c3cccs3)CN2C1=O)O[C@H]1CCOC1. The Morgan fingerprint density at radius 1 is 1.06 bits per heavy atom. The topological polar surface area (TPSA) is 169 Å². The number of carboxylic acid groups (broad SMARTS) is 1. The van der Waals surface area contributed by atoms with Crippen molar-refractivity contribution in [3.63, 3.8) is 0 Å². The second kappa shape index (κ2) is 14.1. The summed E-state index contributed by atoms with van der Waals surface area (Å²) in [6.07, 6.45) is 6.34. The van der Waals surface area contributed by atoms with Crippen LogP contribution in [-0.4, -0.2) is 93.4 Å². The van der Waals surface area contributed by atoms with Crippen LogP contribution in [0.25, 0.3) is 21.6 Å². The van der Waals surface area contributed by atoms with Crippen molar-refractivity contribution in [3.05, 3.63) is 53.9 Å².